The quantitative estimate of drug-likeness (QED) is 0.734. The van der Waals surface area contributed by atoms with E-state index in [0.29, 0.717) is 30.0 Å². The number of hydrogen-bond acceptors (Lipinski definition) is 5. The van der Waals surface area contributed by atoms with E-state index in [1.54, 1.807) is 30.2 Å². The first-order valence-electron chi connectivity index (χ1n) is 8.80. The van der Waals surface area contributed by atoms with Crippen molar-refractivity contribution in [3.8, 4) is 0 Å². The molecule has 1 aromatic heterocycles. The van der Waals surface area contributed by atoms with Crippen molar-refractivity contribution in [3.63, 3.8) is 0 Å². The number of nitrogens with one attached hydrogen (secondary N) is 2. The lowest BCUT2D eigenvalue weighted by Gasteiger charge is -2.33. The van der Waals surface area contributed by atoms with E-state index in [2.05, 4.69) is 10.6 Å². The molecule has 26 heavy (non-hydrogen) atoms. The van der Waals surface area contributed by atoms with Crippen LogP contribution in [0.3, 0.4) is 0 Å². The maximum absolute atomic E-state index is 12.6. The maximum atomic E-state index is 12.6. The molecule has 8 heteroatoms. The van der Waals surface area contributed by atoms with E-state index in [-0.39, 0.29) is 29.5 Å². The van der Waals surface area contributed by atoms with E-state index < -0.39 is 6.04 Å². The number of likely N-dealkylation sites (tertiary alicyclic amines) is 1. The Morgan fingerprint density at radius 2 is 2.08 bits per heavy atom. The standard InChI is InChI=1S/C18H25N3O4S/c1-4-16(23)19-11(2)17(24)20-14-6-5-7-21(9-14)18(25)15-8-13(10-26-15)12(3)22/h8,10-11,14H,4-7,9H2,1-3H3,(H,19,23)(H,20,24)/t11?,14-/m1/s1. The fourth-order valence-electron chi connectivity index (χ4n) is 2.80. The minimum absolute atomic E-state index is 0.0628. The van der Waals surface area contributed by atoms with Crippen molar-refractivity contribution < 1.29 is 19.2 Å². The van der Waals surface area contributed by atoms with Gasteiger partial charge in [0.05, 0.1) is 4.88 Å². The molecular formula is C18H25N3O4S. The van der Waals surface area contributed by atoms with Gasteiger partial charge in [0.25, 0.3) is 5.91 Å². The predicted octanol–water partition coefficient (Wildman–Crippen LogP) is 1.59. The van der Waals surface area contributed by atoms with Crippen LogP contribution >= 0.6 is 11.3 Å². The van der Waals surface area contributed by atoms with Gasteiger partial charge in [0.15, 0.2) is 5.78 Å². The van der Waals surface area contributed by atoms with Crippen LogP contribution in [0.15, 0.2) is 11.4 Å². The van der Waals surface area contributed by atoms with Crippen LogP contribution < -0.4 is 10.6 Å². The van der Waals surface area contributed by atoms with Gasteiger partial charge in [-0.15, -0.1) is 11.3 Å². The van der Waals surface area contributed by atoms with Gasteiger partial charge in [-0.25, -0.2) is 0 Å². The van der Waals surface area contributed by atoms with Crippen LogP contribution in [0.2, 0.25) is 0 Å². The Morgan fingerprint density at radius 3 is 2.69 bits per heavy atom. The van der Waals surface area contributed by atoms with Crippen LogP contribution in [-0.4, -0.2) is 53.6 Å². The second kappa shape index (κ2) is 8.93. The van der Waals surface area contributed by atoms with Crippen molar-refractivity contribution in [2.75, 3.05) is 13.1 Å². The molecule has 0 aliphatic carbocycles. The number of nitrogens with zero attached hydrogens (tertiary/aromatic N) is 1. The molecule has 2 rings (SSSR count). The first-order chi connectivity index (χ1) is 12.3. The maximum Gasteiger partial charge on any atom is 0.264 e. The average Bonchev–Trinajstić information content (AvgIpc) is 3.11. The molecule has 1 aromatic rings. The lowest BCUT2D eigenvalue weighted by molar-refractivity contribution is -0.129. The number of ketones is 1. The molecule has 0 aromatic carbocycles. The molecule has 2 atom stereocenters. The molecule has 2 heterocycles. The fourth-order valence-corrected chi connectivity index (χ4v) is 3.72. The summed E-state index contributed by atoms with van der Waals surface area (Å²) in [7, 11) is 0. The predicted molar refractivity (Wildman–Crippen MR) is 99.3 cm³/mol. The molecule has 1 aliphatic rings. The lowest BCUT2D eigenvalue weighted by atomic mass is 10.0. The molecule has 3 amide bonds. The Balaban J connectivity index is 1.93. The molecule has 142 valence electrons. The minimum Gasteiger partial charge on any atom is -0.350 e. The second-order valence-electron chi connectivity index (χ2n) is 6.50. The zero-order chi connectivity index (χ0) is 19.3. The van der Waals surface area contributed by atoms with E-state index in [1.807, 2.05) is 0 Å². The number of Topliss-reactive ketones (excluding diaryl/α,β-unsaturated/α-hetero) is 1. The van der Waals surface area contributed by atoms with Crippen molar-refractivity contribution in [2.45, 2.75) is 52.1 Å². The molecule has 1 saturated heterocycles. The summed E-state index contributed by atoms with van der Waals surface area (Å²) in [5.41, 5.74) is 0.542. The molecule has 0 radical (unpaired) electrons. The number of hydrogen-bond donors (Lipinski definition) is 2. The minimum atomic E-state index is -0.607. The molecule has 0 saturated carbocycles. The SMILES string of the molecule is CCC(=O)NC(C)C(=O)N[C@@H]1CCCN(C(=O)c2cc(C(C)=O)cs2)C1. The van der Waals surface area contributed by atoms with Gasteiger partial charge >= 0.3 is 0 Å². The molecule has 0 bridgehead atoms. The van der Waals surface area contributed by atoms with E-state index >= 15 is 0 Å². The molecule has 1 unspecified atom stereocenters. The van der Waals surface area contributed by atoms with Gasteiger partial charge in [-0.05, 0) is 32.8 Å². The Labute approximate surface area is 157 Å². The van der Waals surface area contributed by atoms with E-state index in [0.717, 1.165) is 12.8 Å². The molecular weight excluding hydrogens is 354 g/mol. The third-order valence-corrected chi connectivity index (χ3v) is 5.28. The third kappa shape index (κ3) is 5.14. The third-order valence-electron chi connectivity index (χ3n) is 4.36. The molecule has 7 nitrogen and oxygen atoms in total. The summed E-state index contributed by atoms with van der Waals surface area (Å²) in [6.45, 7) is 5.89. The summed E-state index contributed by atoms with van der Waals surface area (Å²) in [6.07, 6.45) is 1.90. The van der Waals surface area contributed by atoms with Crippen LogP contribution in [0, 0.1) is 0 Å². The largest absolute Gasteiger partial charge is 0.350 e. The summed E-state index contributed by atoms with van der Waals surface area (Å²) < 4.78 is 0. The number of carbonyl (C=O) groups excluding carboxylic acids is 4. The van der Waals surface area contributed by atoms with Crippen LogP contribution in [-0.2, 0) is 9.59 Å². The number of amides is 3. The van der Waals surface area contributed by atoms with E-state index in [4.69, 9.17) is 0 Å². The van der Waals surface area contributed by atoms with Gasteiger partial charge in [-0.3, -0.25) is 19.2 Å². The Hall–Kier alpha value is -2.22. The van der Waals surface area contributed by atoms with Crippen LogP contribution in [0.25, 0.3) is 0 Å². The van der Waals surface area contributed by atoms with Crippen LogP contribution in [0.1, 0.15) is 60.1 Å². The van der Waals surface area contributed by atoms with Crippen molar-refractivity contribution in [1.29, 1.82) is 0 Å². The van der Waals surface area contributed by atoms with Crippen molar-refractivity contribution in [1.82, 2.24) is 15.5 Å². The molecule has 1 fully saturated rings. The van der Waals surface area contributed by atoms with Gasteiger partial charge in [0.1, 0.15) is 6.04 Å². The highest BCUT2D eigenvalue weighted by molar-refractivity contribution is 7.12. The zero-order valence-corrected chi connectivity index (χ0v) is 16.1. The number of rotatable bonds is 6. The second-order valence-corrected chi connectivity index (χ2v) is 7.41. The topological polar surface area (TPSA) is 95.6 Å². The number of piperidine rings is 1. The zero-order valence-electron chi connectivity index (χ0n) is 15.3. The summed E-state index contributed by atoms with van der Waals surface area (Å²) in [6, 6.07) is 0.872. The van der Waals surface area contributed by atoms with Gasteiger partial charge in [-0.2, -0.15) is 0 Å². The van der Waals surface area contributed by atoms with Crippen LogP contribution in [0.5, 0.6) is 0 Å². The highest BCUT2D eigenvalue weighted by Gasteiger charge is 2.27. The van der Waals surface area contributed by atoms with E-state index in [1.165, 1.54) is 18.3 Å². The van der Waals surface area contributed by atoms with Gasteiger partial charge in [0, 0.05) is 36.5 Å². The number of carbonyl (C=O) groups is 4. The summed E-state index contributed by atoms with van der Waals surface area (Å²) in [5.74, 6) is -0.603. The van der Waals surface area contributed by atoms with Gasteiger partial charge in [0.2, 0.25) is 11.8 Å². The monoisotopic (exact) mass is 379 g/mol. The molecule has 1 aliphatic heterocycles. The highest BCUT2D eigenvalue weighted by atomic mass is 32.1. The molecule has 2 N–H and O–H groups in total. The fraction of sp³-hybridized carbons (Fsp3) is 0.556. The van der Waals surface area contributed by atoms with Crippen molar-refractivity contribution >= 4 is 34.8 Å². The van der Waals surface area contributed by atoms with Crippen molar-refractivity contribution in [3.05, 3.63) is 21.9 Å². The lowest BCUT2D eigenvalue weighted by Crippen LogP contribution is -2.53. The Bertz CT molecular complexity index is 700. The smallest absolute Gasteiger partial charge is 0.264 e. The highest BCUT2D eigenvalue weighted by Crippen LogP contribution is 2.20. The normalized spacial score (nSPS) is 18.1. The van der Waals surface area contributed by atoms with E-state index in [9.17, 15) is 19.2 Å². The van der Waals surface area contributed by atoms with Crippen molar-refractivity contribution in [2.24, 2.45) is 0 Å². The summed E-state index contributed by atoms with van der Waals surface area (Å²) in [5, 5.41) is 7.23. The molecule has 0 spiro atoms. The van der Waals surface area contributed by atoms with Gasteiger partial charge in [-0.1, -0.05) is 6.92 Å². The van der Waals surface area contributed by atoms with Crippen LogP contribution in [0.4, 0.5) is 0 Å². The number of thiophene rings is 1. The van der Waals surface area contributed by atoms with Gasteiger partial charge < -0.3 is 15.5 Å². The average molecular weight is 379 g/mol. The first-order valence-corrected chi connectivity index (χ1v) is 9.68. The first kappa shape index (κ1) is 20.1. The summed E-state index contributed by atoms with van der Waals surface area (Å²) >= 11 is 1.26. The Kier molecular flexibility index (Phi) is 6.90. The summed E-state index contributed by atoms with van der Waals surface area (Å²) in [4.78, 5) is 49.9. The Morgan fingerprint density at radius 1 is 1.35 bits per heavy atom.